The van der Waals surface area contributed by atoms with Gasteiger partial charge < -0.3 is 15.2 Å². The van der Waals surface area contributed by atoms with E-state index in [9.17, 15) is 9.90 Å². The highest BCUT2D eigenvalue weighted by Crippen LogP contribution is 2.16. The number of aliphatic hydroxyl groups excluding tert-OH is 1. The highest BCUT2D eigenvalue weighted by atomic mass is 16.5. The first kappa shape index (κ1) is 17.0. The van der Waals surface area contributed by atoms with Crippen LogP contribution in [0.5, 0.6) is 5.75 Å². The van der Waals surface area contributed by atoms with Gasteiger partial charge in [0.25, 0.3) is 5.91 Å². The fourth-order valence-corrected chi connectivity index (χ4v) is 2.26. The van der Waals surface area contributed by atoms with Crippen molar-refractivity contribution in [3.63, 3.8) is 0 Å². The van der Waals surface area contributed by atoms with E-state index < -0.39 is 12.2 Å². The molecule has 0 spiro atoms. The van der Waals surface area contributed by atoms with Gasteiger partial charge in [0.15, 0.2) is 6.10 Å². The number of carbonyl (C=O) groups is 1. The quantitative estimate of drug-likeness (QED) is 0.826. The van der Waals surface area contributed by atoms with Crippen LogP contribution >= 0.6 is 0 Å². The Kier molecular flexibility index (Phi) is 6.18. The molecule has 0 bridgehead atoms. The predicted octanol–water partition coefficient (Wildman–Crippen LogP) is 3.00. The van der Waals surface area contributed by atoms with Crippen molar-refractivity contribution in [1.29, 1.82) is 0 Å². The van der Waals surface area contributed by atoms with Crippen LogP contribution in [0.15, 0.2) is 54.6 Å². The molecule has 1 amide bonds. The number of nitrogens with one attached hydrogen (secondary N) is 1. The number of hydrogen-bond donors (Lipinski definition) is 2. The fraction of sp³-hybridized carbons (Fsp3) is 0.316. The number of hydrogen-bond acceptors (Lipinski definition) is 3. The van der Waals surface area contributed by atoms with Gasteiger partial charge in [0.1, 0.15) is 5.75 Å². The topological polar surface area (TPSA) is 58.6 Å². The number of aliphatic hydroxyl groups is 1. The predicted molar refractivity (Wildman–Crippen MR) is 90.3 cm³/mol. The van der Waals surface area contributed by atoms with Gasteiger partial charge in [-0.3, -0.25) is 4.79 Å². The number of benzene rings is 2. The molecule has 0 aromatic heterocycles. The van der Waals surface area contributed by atoms with E-state index in [1.807, 2.05) is 61.5 Å². The first-order valence-corrected chi connectivity index (χ1v) is 7.80. The molecule has 4 nitrogen and oxygen atoms in total. The summed E-state index contributed by atoms with van der Waals surface area (Å²) in [5.74, 6) is 0.490. The van der Waals surface area contributed by atoms with Crippen molar-refractivity contribution in [2.45, 2.75) is 32.5 Å². The summed E-state index contributed by atoms with van der Waals surface area (Å²) in [6, 6.07) is 17.0. The van der Waals surface area contributed by atoms with Crippen molar-refractivity contribution in [2.24, 2.45) is 0 Å². The molecular formula is C19H23NO3. The number of aryl methyl sites for hydroxylation is 1. The van der Waals surface area contributed by atoms with Gasteiger partial charge in [-0.2, -0.15) is 0 Å². The summed E-state index contributed by atoms with van der Waals surface area (Å²) >= 11 is 0. The highest BCUT2D eigenvalue weighted by molar-refractivity contribution is 5.80. The third-order valence-electron chi connectivity index (χ3n) is 3.57. The molecule has 0 aliphatic rings. The second kappa shape index (κ2) is 8.34. The lowest BCUT2D eigenvalue weighted by Crippen LogP contribution is -2.37. The summed E-state index contributed by atoms with van der Waals surface area (Å²) < 4.78 is 5.62. The third-order valence-corrected chi connectivity index (χ3v) is 3.57. The number of rotatable bonds is 7. The van der Waals surface area contributed by atoms with E-state index >= 15 is 0 Å². The molecule has 0 saturated carbocycles. The molecule has 0 aliphatic carbocycles. The van der Waals surface area contributed by atoms with Crippen LogP contribution in [0.25, 0.3) is 0 Å². The van der Waals surface area contributed by atoms with Gasteiger partial charge in [-0.05, 0) is 43.5 Å². The molecule has 2 aromatic carbocycles. The van der Waals surface area contributed by atoms with Crippen LogP contribution in [0, 0.1) is 6.92 Å². The molecule has 23 heavy (non-hydrogen) atoms. The van der Waals surface area contributed by atoms with Crippen LogP contribution < -0.4 is 10.1 Å². The molecule has 0 heterocycles. The van der Waals surface area contributed by atoms with Gasteiger partial charge in [0, 0.05) is 6.54 Å². The minimum atomic E-state index is -0.579. The maximum Gasteiger partial charge on any atom is 0.260 e. The monoisotopic (exact) mass is 313 g/mol. The molecule has 2 atom stereocenters. The van der Waals surface area contributed by atoms with E-state index in [-0.39, 0.29) is 5.91 Å². The molecule has 2 N–H and O–H groups in total. The Hall–Kier alpha value is -2.33. The number of carbonyl (C=O) groups excluding carboxylic acids is 1. The van der Waals surface area contributed by atoms with Crippen molar-refractivity contribution in [1.82, 2.24) is 5.32 Å². The van der Waals surface area contributed by atoms with Crippen LogP contribution in [0.1, 0.15) is 30.6 Å². The summed E-state index contributed by atoms with van der Waals surface area (Å²) in [6.45, 7) is 4.09. The van der Waals surface area contributed by atoms with Crippen molar-refractivity contribution in [3.05, 3.63) is 65.7 Å². The summed E-state index contributed by atoms with van der Waals surface area (Å²) in [5, 5.41) is 12.8. The molecule has 0 aliphatic heterocycles. The minimum Gasteiger partial charge on any atom is -0.481 e. The second-order valence-corrected chi connectivity index (χ2v) is 5.58. The molecule has 122 valence electrons. The lowest BCUT2D eigenvalue weighted by molar-refractivity contribution is -0.127. The van der Waals surface area contributed by atoms with Gasteiger partial charge in [0.2, 0.25) is 0 Å². The molecule has 4 heteroatoms. The van der Waals surface area contributed by atoms with Crippen LogP contribution in [0.4, 0.5) is 0 Å². The Bertz CT molecular complexity index is 628. The number of amides is 1. The number of ether oxygens (including phenoxy) is 1. The van der Waals surface area contributed by atoms with E-state index in [1.54, 1.807) is 6.92 Å². The summed E-state index contributed by atoms with van der Waals surface area (Å²) in [7, 11) is 0. The Morgan fingerprint density at radius 3 is 2.61 bits per heavy atom. The standard InChI is InChI=1S/C19H23NO3/c1-14-7-6-10-17(13-14)23-15(2)19(22)20-12-11-18(21)16-8-4-3-5-9-16/h3-10,13,15,18,21H,11-12H2,1-2H3,(H,20,22). The molecule has 2 rings (SSSR count). The van der Waals surface area contributed by atoms with Crippen molar-refractivity contribution in [3.8, 4) is 5.75 Å². The van der Waals surface area contributed by atoms with E-state index in [0.717, 1.165) is 11.1 Å². The molecule has 2 unspecified atom stereocenters. The molecule has 0 radical (unpaired) electrons. The van der Waals surface area contributed by atoms with Gasteiger partial charge in [-0.25, -0.2) is 0 Å². The van der Waals surface area contributed by atoms with Gasteiger partial charge >= 0.3 is 0 Å². The van der Waals surface area contributed by atoms with E-state index in [2.05, 4.69) is 5.32 Å². The zero-order valence-corrected chi connectivity index (χ0v) is 13.5. The normalized spacial score (nSPS) is 13.2. The average molecular weight is 313 g/mol. The average Bonchev–Trinajstić information content (AvgIpc) is 2.55. The lowest BCUT2D eigenvalue weighted by atomic mass is 10.1. The fourth-order valence-electron chi connectivity index (χ4n) is 2.26. The summed E-state index contributed by atoms with van der Waals surface area (Å²) in [4.78, 5) is 12.0. The zero-order valence-electron chi connectivity index (χ0n) is 13.5. The van der Waals surface area contributed by atoms with Gasteiger partial charge in [-0.15, -0.1) is 0 Å². The Balaban J connectivity index is 1.76. The Labute approximate surface area is 137 Å². The smallest absolute Gasteiger partial charge is 0.260 e. The molecule has 0 saturated heterocycles. The second-order valence-electron chi connectivity index (χ2n) is 5.58. The maximum atomic E-state index is 12.0. The van der Waals surface area contributed by atoms with E-state index in [4.69, 9.17) is 4.74 Å². The first-order valence-electron chi connectivity index (χ1n) is 7.80. The zero-order chi connectivity index (χ0) is 16.7. The SMILES string of the molecule is Cc1cccc(OC(C)C(=O)NCCC(O)c2ccccc2)c1. The highest BCUT2D eigenvalue weighted by Gasteiger charge is 2.15. The summed E-state index contributed by atoms with van der Waals surface area (Å²) in [5.41, 5.74) is 1.94. The van der Waals surface area contributed by atoms with Gasteiger partial charge in [0.05, 0.1) is 6.10 Å². The largest absolute Gasteiger partial charge is 0.481 e. The van der Waals surface area contributed by atoms with Crippen molar-refractivity contribution >= 4 is 5.91 Å². The molecule has 2 aromatic rings. The van der Waals surface area contributed by atoms with Crippen LogP contribution in [-0.2, 0) is 4.79 Å². The third kappa shape index (κ3) is 5.42. The molecule has 0 fully saturated rings. The Morgan fingerprint density at radius 2 is 1.91 bits per heavy atom. The van der Waals surface area contributed by atoms with Crippen LogP contribution in [0.3, 0.4) is 0 Å². The summed E-state index contributed by atoms with van der Waals surface area (Å²) in [6.07, 6.45) is -0.692. The lowest BCUT2D eigenvalue weighted by Gasteiger charge is -2.16. The van der Waals surface area contributed by atoms with Crippen molar-refractivity contribution in [2.75, 3.05) is 6.54 Å². The maximum absolute atomic E-state index is 12.0. The van der Waals surface area contributed by atoms with Crippen molar-refractivity contribution < 1.29 is 14.6 Å². The van der Waals surface area contributed by atoms with Gasteiger partial charge in [-0.1, -0.05) is 42.5 Å². The Morgan fingerprint density at radius 1 is 1.17 bits per heavy atom. The minimum absolute atomic E-state index is 0.188. The van der Waals surface area contributed by atoms with E-state index in [1.165, 1.54) is 0 Å². The first-order chi connectivity index (χ1) is 11.1. The van der Waals surface area contributed by atoms with Crippen LogP contribution in [-0.4, -0.2) is 23.7 Å². The van der Waals surface area contributed by atoms with Crippen LogP contribution in [0.2, 0.25) is 0 Å². The molecular weight excluding hydrogens is 290 g/mol. The van der Waals surface area contributed by atoms with E-state index in [0.29, 0.717) is 18.7 Å².